The molecule has 1 saturated heterocycles. The second-order valence-electron chi connectivity index (χ2n) is 7.77. The molecule has 1 aromatic rings. The molecule has 1 fully saturated rings. The van der Waals surface area contributed by atoms with Crippen molar-refractivity contribution in [2.75, 3.05) is 0 Å². The van der Waals surface area contributed by atoms with Crippen LogP contribution in [0.4, 0.5) is 4.79 Å². The third-order valence-electron chi connectivity index (χ3n) is 4.50. The summed E-state index contributed by atoms with van der Waals surface area (Å²) in [6.07, 6.45) is 1.66. The van der Waals surface area contributed by atoms with Crippen LogP contribution in [-0.2, 0) is 6.54 Å². The van der Waals surface area contributed by atoms with Crippen LogP contribution in [0.25, 0.3) is 0 Å². The number of benzene rings is 1. The summed E-state index contributed by atoms with van der Waals surface area (Å²) in [6.45, 7) is 11.0. The highest BCUT2D eigenvalue weighted by molar-refractivity contribution is 5.76. The van der Waals surface area contributed by atoms with Gasteiger partial charge in [-0.05, 0) is 53.0 Å². The Hall–Kier alpha value is -1.55. The fourth-order valence-electron chi connectivity index (χ4n) is 3.87. The van der Waals surface area contributed by atoms with E-state index in [1.54, 1.807) is 0 Å². The van der Waals surface area contributed by atoms with Crippen LogP contribution in [0.2, 0.25) is 0 Å². The lowest BCUT2D eigenvalue weighted by Gasteiger charge is -2.54. The van der Waals surface area contributed by atoms with Gasteiger partial charge in [-0.2, -0.15) is 0 Å². The number of aryl methyl sites for hydroxylation is 1. The van der Waals surface area contributed by atoms with Gasteiger partial charge in [-0.3, -0.25) is 0 Å². The first kappa shape index (κ1) is 16.8. The van der Waals surface area contributed by atoms with Gasteiger partial charge in [0.2, 0.25) is 0 Å². The molecule has 122 valence electrons. The van der Waals surface area contributed by atoms with Gasteiger partial charge in [0, 0.05) is 23.7 Å². The first-order valence-corrected chi connectivity index (χ1v) is 8.01. The molecule has 1 heterocycles. The SMILES string of the molecule is Cc1ccc(CNC(=O)N2C(C)(C)CC(N)CC2(C)C)cc1. The van der Waals surface area contributed by atoms with Gasteiger partial charge in [-0.1, -0.05) is 29.8 Å². The van der Waals surface area contributed by atoms with E-state index in [1.165, 1.54) is 5.56 Å². The normalized spacial score (nSPS) is 20.7. The van der Waals surface area contributed by atoms with Crippen molar-refractivity contribution in [1.29, 1.82) is 0 Å². The summed E-state index contributed by atoms with van der Waals surface area (Å²) >= 11 is 0. The van der Waals surface area contributed by atoms with Crippen LogP contribution < -0.4 is 11.1 Å². The third-order valence-corrected chi connectivity index (χ3v) is 4.50. The minimum Gasteiger partial charge on any atom is -0.334 e. The van der Waals surface area contributed by atoms with Crippen molar-refractivity contribution in [3.05, 3.63) is 35.4 Å². The Labute approximate surface area is 134 Å². The number of amides is 2. The summed E-state index contributed by atoms with van der Waals surface area (Å²) in [5, 5.41) is 3.06. The van der Waals surface area contributed by atoms with Crippen LogP contribution in [0.1, 0.15) is 51.7 Å². The van der Waals surface area contributed by atoms with Crippen molar-refractivity contribution in [1.82, 2.24) is 10.2 Å². The van der Waals surface area contributed by atoms with Crippen LogP contribution in [0.15, 0.2) is 24.3 Å². The second kappa shape index (κ2) is 5.92. The number of hydrogen-bond acceptors (Lipinski definition) is 2. The van der Waals surface area contributed by atoms with Crippen LogP contribution in [0.3, 0.4) is 0 Å². The number of urea groups is 1. The van der Waals surface area contributed by atoms with Crippen molar-refractivity contribution < 1.29 is 4.79 Å². The molecule has 1 aromatic carbocycles. The lowest BCUT2D eigenvalue weighted by Crippen LogP contribution is -2.66. The van der Waals surface area contributed by atoms with Crippen LogP contribution >= 0.6 is 0 Å². The highest BCUT2D eigenvalue weighted by Gasteiger charge is 2.46. The molecule has 2 rings (SSSR count). The van der Waals surface area contributed by atoms with E-state index in [0.717, 1.165) is 18.4 Å². The van der Waals surface area contributed by atoms with E-state index in [-0.39, 0.29) is 23.2 Å². The molecule has 0 spiro atoms. The molecule has 3 N–H and O–H groups in total. The molecule has 1 aliphatic heterocycles. The fourth-order valence-corrected chi connectivity index (χ4v) is 3.87. The van der Waals surface area contributed by atoms with Crippen LogP contribution in [-0.4, -0.2) is 28.1 Å². The number of likely N-dealkylation sites (tertiary alicyclic amines) is 1. The number of carbonyl (C=O) groups is 1. The smallest absolute Gasteiger partial charge is 0.318 e. The van der Waals surface area contributed by atoms with Gasteiger partial charge >= 0.3 is 6.03 Å². The van der Waals surface area contributed by atoms with Crippen molar-refractivity contribution in [3.8, 4) is 0 Å². The minimum absolute atomic E-state index is 0.0116. The van der Waals surface area contributed by atoms with Gasteiger partial charge in [0.05, 0.1) is 0 Å². The Balaban J connectivity index is 2.08. The van der Waals surface area contributed by atoms with Gasteiger partial charge in [-0.25, -0.2) is 4.79 Å². The summed E-state index contributed by atoms with van der Waals surface area (Å²) < 4.78 is 0. The van der Waals surface area contributed by atoms with Crippen molar-refractivity contribution >= 4 is 6.03 Å². The highest BCUT2D eigenvalue weighted by atomic mass is 16.2. The molecule has 2 amide bonds. The molecule has 22 heavy (non-hydrogen) atoms. The second-order valence-corrected chi connectivity index (χ2v) is 7.77. The average molecular weight is 303 g/mol. The first-order valence-electron chi connectivity index (χ1n) is 8.01. The minimum atomic E-state index is -0.238. The topological polar surface area (TPSA) is 58.4 Å². The van der Waals surface area contributed by atoms with E-state index in [1.807, 2.05) is 4.90 Å². The molecule has 4 nitrogen and oxygen atoms in total. The number of nitrogens with two attached hydrogens (primary N) is 1. The molecule has 0 atom stereocenters. The van der Waals surface area contributed by atoms with Crippen LogP contribution in [0, 0.1) is 6.92 Å². The lowest BCUT2D eigenvalue weighted by atomic mass is 9.77. The number of nitrogens with one attached hydrogen (secondary N) is 1. The molecular formula is C18H29N3O. The maximum absolute atomic E-state index is 12.8. The van der Waals surface area contributed by atoms with Gasteiger partial charge in [0.15, 0.2) is 0 Å². The maximum atomic E-state index is 12.8. The van der Waals surface area contributed by atoms with E-state index in [0.29, 0.717) is 6.54 Å². The molecule has 0 unspecified atom stereocenters. The zero-order valence-corrected chi connectivity index (χ0v) is 14.4. The Morgan fingerprint density at radius 1 is 1.18 bits per heavy atom. The Morgan fingerprint density at radius 2 is 1.68 bits per heavy atom. The zero-order valence-electron chi connectivity index (χ0n) is 14.4. The summed E-state index contributed by atoms with van der Waals surface area (Å²) in [6, 6.07) is 8.37. The van der Waals surface area contributed by atoms with Crippen molar-refractivity contribution in [3.63, 3.8) is 0 Å². The molecule has 0 aliphatic carbocycles. The zero-order chi connectivity index (χ0) is 16.5. The van der Waals surface area contributed by atoms with E-state index in [2.05, 4.69) is 64.2 Å². The lowest BCUT2D eigenvalue weighted by molar-refractivity contribution is 0.00299. The fraction of sp³-hybridized carbons (Fsp3) is 0.611. The predicted molar refractivity (Wildman–Crippen MR) is 90.6 cm³/mol. The highest BCUT2D eigenvalue weighted by Crippen LogP contribution is 2.37. The Kier molecular flexibility index (Phi) is 4.52. The monoisotopic (exact) mass is 303 g/mol. The molecular weight excluding hydrogens is 274 g/mol. The van der Waals surface area contributed by atoms with Gasteiger partial charge in [0.1, 0.15) is 0 Å². The van der Waals surface area contributed by atoms with E-state index in [4.69, 9.17) is 5.73 Å². The Morgan fingerprint density at radius 3 is 2.18 bits per heavy atom. The van der Waals surface area contributed by atoms with Gasteiger partial charge in [0.25, 0.3) is 0 Å². The van der Waals surface area contributed by atoms with Gasteiger partial charge < -0.3 is 16.0 Å². The maximum Gasteiger partial charge on any atom is 0.318 e. The van der Waals surface area contributed by atoms with Crippen molar-refractivity contribution in [2.24, 2.45) is 5.73 Å². The third kappa shape index (κ3) is 3.61. The quantitative estimate of drug-likeness (QED) is 0.881. The molecule has 4 heteroatoms. The largest absolute Gasteiger partial charge is 0.334 e. The number of piperidine rings is 1. The molecule has 0 saturated carbocycles. The molecule has 0 aromatic heterocycles. The Bertz CT molecular complexity index is 516. The van der Waals surface area contributed by atoms with E-state index in [9.17, 15) is 4.79 Å². The summed E-state index contributed by atoms with van der Waals surface area (Å²) in [7, 11) is 0. The number of nitrogens with zero attached hydrogens (tertiary/aromatic N) is 1. The van der Waals surface area contributed by atoms with Gasteiger partial charge in [-0.15, -0.1) is 0 Å². The summed E-state index contributed by atoms with van der Waals surface area (Å²) in [5.41, 5.74) is 8.03. The molecule has 0 radical (unpaired) electrons. The summed E-state index contributed by atoms with van der Waals surface area (Å²) in [5.74, 6) is 0. The van der Waals surface area contributed by atoms with Crippen LogP contribution in [0.5, 0.6) is 0 Å². The molecule has 1 aliphatic rings. The number of rotatable bonds is 2. The summed E-state index contributed by atoms with van der Waals surface area (Å²) in [4.78, 5) is 14.7. The van der Waals surface area contributed by atoms with E-state index >= 15 is 0 Å². The average Bonchev–Trinajstić information content (AvgIpc) is 2.34. The number of carbonyl (C=O) groups excluding carboxylic acids is 1. The first-order chi connectivity index (χ1) is 10.1. The number of hydrogen-bond donors (Lipinski definition) is 2. The van der Waals surface area contributed by atoms with E-state index < -0.39 is 0 Å². The predicted octanol–water partition coefficient (Wildman–Crippen LogP) is 3.18. The standard InChI is InChI=1S/C18H29N3O/c1-13-6-8-14(9-7-13)12-20-16(22)21-17(2,3)10-15(19)11-18(21,4)5/h6-9,15H,10-12,19H2,1-5H3,(H,20,22). The molecule has 0 bridgehead atoms. The van der Waals surface area contributed by atoms with Crippen molar-refractivity contribution in [2.45, 2.75) is 71.1 Å².